The molecule has 2 aromatic carbocycles. The van der Waals surface area contributed by atoms with Gasteiger partial charge in [0.1, 0.15) is 18.6 Å². The van der Waals surface area contributed by atoms with Crippen LogP contribution in [0.15, 0.2) is 48.5 Å². The van der Waals surface area contributed by atoms with Crippen molar-refractivity contribution in [2.45, 2.75) is 31.2 Å². The number of nitrogens with one attached hydrogen (secondary N) is 2. The van der Waals surface area contributed by atoms with E-state index in [0.717, 1.165) is 22.3 Å². The van der Waals surface area contributed by atoms with Crippen LogP contribution in [-0.4, -0.2) is 48.2 Å². The number of hydrogen-bond donors (Lipinski definition) is 3. The zero-order valence-corrected chi connectivity index (χ0v) is 18.9. The van der Waals surface area contributed by atoms with Gasteiger partial charge in [-0.3, -0.25) is 9.59 Å². The summed E-state index contributed by atoms with van der Waals surface area (Å²) in [6.45, 7) is 1.08. The Kier molecular flexibility index (Phi) is 6.74. The minimum atomic E-state index is -3.38. The molecule has 2 aliphatic rings. The summed E-state index contributed by atoms with van der Waals surface area (Å²) >= 11 is 0. The van der Waals surface area contributed by atoms with E-state index in [9.17, 15) is 23.2 Å². The Labute approximate surface area is 200 Å². The Morgan fingerprint density at radius 3 is 2.23 bits per heavy atom. The maximum atomic E-state index is 13.6. The monoisotopic (exact) mass is 482 g/mol. The number of carboxylic acids is 1. The summed E-state index contributed by atoms with van der Waals surface area (Å²) in [4.78, 5) is 36.0. The third kappa shape index (κ3) is 4.83. The van der Waals surface area contributed by atoms with Gasteiger partial charge in [-0.2, -0.15) is 0 Å². The molecular weight excluding hydrogens is 458 g/mol. The number of aliphatic carboxylic acids is 1. The fourth-order valence-electron chi connectivity index (χ4n) is 4.51. The van der Waals surface area contributed by atoms with Crippen molar-refractivity contribution in [2.24, 2.45) is 11.8 Å². The predicted octanol–water partition coefficient (Wildman–Crippen LogP) is 3.39. The van der Waals surface area contributed by atoms with Crippen LogP contribution < -0.4 is 10.6 Å². The number of halogens is 2. The Bertz CT molecular complexity index is 1170. The first-order valence-corrected chi connectivity index (χ1v) is 11.1. The highest BCUT2D eigenvalue weighted by molar-refractivity contribution is 5.86. The molecule has 0 aromatic heterocycles. The van der Waals surface area contributed by atoms with Gasteiger partial charge in [0.25, 0.3) is 5.92 Å². The van der Waals surface area contributed by atoms with Crippen molar-refractivity contribution in [3.8, 4) is 23.0 Å². The third-order valence-corrected chi connectivity index (χ3v) is 6.40. The van der Waals surface area contributed by atoms with Gasteiger partial charge in [0.05, 0.1) is 5.92 Å². The van der Waals surface area contributed by atoms with Crippen LogP contribution in [0.4, 0.5) is 13.6 Å². The van der Waals surface area contributed by atoms with Crippen molar-refractivity contribution >= 4 is 18.0 Å². The summed E-state index contributed by atoms with van der Waals surface area (Å²) in [5, 5.41) is 13.6. The number of carbonyl (C=O) groups excluding carboxylic acids is 2. The zero-order valence-electron chi connectivity index (χ0n) is 18.9. The first-order valence-electron chi connectivity index (χ1n) is 11.1. The lowest BCUT2D eigenvalue weighted by Crippen LogP contribution is -2.47. The van der Waals surface area contributed by atoms with Crippen molar-refractivity contribution in [1.82, 2.24) is 10.6 Å². The number of alkyl halides is 2. The minimum Gasteiger partial charge on any atom is -0.481 e. The van der Waals surface area contributed by atoms with Crippen LogP contribution in [0.25, 0.3) is 11.1 Å². The summed E-state index contributed by atoms with van der Waals surface area (Å²) in [5.41, 5.74) is 4.21. The Balaban J connectivity index is 1.36. The first kappa shape index (κ1) is 24.2. The number of ether oxygens (including phenoxy) is 1. The van der Waals surface area contributed by atoms with Gasteiger partial charge in [-0.05, 0) is 29.2 Å². The molecule has 0 bridgehead atoms. The van der Waals surface area contributed by atoms with E-state index in [1.807, 2.05) is 48.5 Å². The molecule has 0 spiro atoms. The van der Waals surface area contributed by atoms with E-state index in [-0.39, 0.29) is 18.9 Å². The summed E-state index contributed by atoms with van der Waals surface area (Å²) < 4.78 is 32.6. The van der Waals surface area contributed by atoms with E-state index in [1.165, 1.54) is 0 Å². The molecule has 7 nitrogen and oxygen atoms in total. The van der Waals surface area contributed by atoms with Crippen LogP contribution in [-0.2, 0) is 14.3 Å². The molecule has 2 amide bonds. The second kappa shape index (κ2) is 9.74. The number of rotatable bonds is 8. The van der Waals surface area contributed by atoms with Crippen LogP contribution in [0, 0.1) is 23.7 Å². The van der Waals surface area contributed by atoms with Gasteiger partial charge < -0.3 is 20.5 Å². The molecule has 0 heterocycles. The molecule has 0 radical (unpaired) electrons. The first-order chi connectivity index (χ1) is 16.8. The topological polar surface area (TPSA) is 105 Å². The maximum Gasteiger partial charge on any atom is 0.407 e. The molecule has 35 heavy (non-hydrogen) atoms. The fraction of sp³-hybridized carbons (Fsp3) is 0.346. The third-order valence-electron chi connectivity index (χ3n) is 6.40. The average Bonchev–Trinajstić information content (AvgIpc) is 3.25. The van der Waals surface area contributed by atoms with E-state index in [1.54, 1.807) is 6.92 Å². The number of amides is 2. The summed E-state index contributed by atoms with van der Waals surface area (Å²) in [7, 11) is 0. The number of carbonyl (C=O) groups is 3. The molecule has 0 saturated heterocycles. The van der Waals surface area contributed by atoms with Gasteiger partial charge in [-0.15, -0.1) is 11.8 Å². The number of hydrogen-bond acceptors (Lipinski definition) is 4. The summed E-state index contributed by atoms with van der Waals surface area (Å²) in [5.74, 6) is -3.91. The number of benzene rings is 2. The van der Waals surface area contributed by atoms with Gasteiger partial charge in [0.2, 0.25) is 5.91 Å². The standard InChI is InChI=1S/C26H24F2N2O5/c1-2-3-12-21(23(31)29-13-20-22(24(32)33)26(20,27)28)30-25(34)35-14-19-17-10-6-4-8-15(17)16-9-5-7-11-18(16)19/h4-11,19-22H,12-14H2,1H3,(H,29,31)(H,30,34)(H,32,33)/t20-,21?,22-/m1/s1. The van der Waals surface area contributed by atoms with E-state index >= 15 is 0 Å². The minimum absolute atomic E-state index is 0.0439. The largest absolute Gasteiger partial charge is 0.481 e. The normalized spacial score (nSPS) is 19.9. The van der Waals surface area contributed by atoms with E-state index < -0.39 is 48.3 Å². The summed E-state index contributed by atoms with van der Waals surface area (Å²) in [6, 6.07) is 14.6. The molecule has 3 atom stereocenters. The van der Waals surface area contributed by atoms with Crippen molar-refractivity contribution < 1.29 is 33.0 Å². The Morgan fingerprint density at radius 2 is 1.69 bits per heavy atom. The second-order valence-corrected chi connectivity index (χ2v) is 8.50. The summed E-state index contributed by atoms with van der Waals surface area (Å²) in [6.07, 6.45) is -0.902. The lowest BCUT2D eigenvalue weighted by molar-refractivity contribution is -0.141. The SMILES string of the molecule is CC#CCC(NC(=O)OCC1c2ccccc2-c2ccccc21)C(=O)NC[C@@H]1[C@H](C(=O)O)C1(F)F. The average molecular weight is 482 g/mol. The molecular formula is C26H24F2N2O5. The lowest BCUT2D eigenvalue weighted by Gasteiger charge is -2.18. The fourth-order valence-corrected chi connectivity index (χ4v) is 4.51. The molecule has 1 saturated carbocycles. The van der Waals surface area contributed by atoms with Crippen LogP contribution in [0.2, 0.25) is 0 Å². The predicted molar refractivity (Wildman–Crippen MR) is 123 cm³/mol. The number of alkyl carbamates (subject to hydrolysis) is 1. The number of fused-ring (bicyclic) bond motifs is 3. The molecule has 3 N–H and O–H groups in total. The molecule has 1 unspecified atom stereocenters. The molecule has 1 fully saturated rings. The molecule has 9 heteroatoms. The second-order valence-electron chi connectivity index (χ2n) is 8.50. The van der Waals surface area contributed by atoms with Crippen LogP contribution in [0.3, 0.4) is 0 Å². The van der Waals surface area contributed by atoms with Crippen LogP contribution in [0.1, 0.15) is 30.4 Å². The van der Waals surface area contributed by atoms with Crippen molar-refractivity contribution in [1.29, 1.82) is 0 Å². The van der Waals surface area contributed by atoms with Gasteiger partial charge >= 0.3 is 12.1 Å². The number of carboxylic acid groups (broad SMARTS) is 1. The molecule has 4 rings (SSSR count). The van der Waals surface area contributed by atoms with Gasteiger partial charge in [0, 0.05) is 18.9 Å². The smallest absolute Gasteiger partial charge is 0.407 e. The van der Waals surface area contributed by atoms with Crippen molar-refractivity contribution in [3.63, 3.8) is 0 Å². The van der Waals surface area contributed by atoms with E-state index in [2.05, 4.69) is 22.5 Å². The lowest BCUT2D eigenvalue weighted by atomic mass is 9.98. The molecule has 2 aromatic rings. The highest BCUT2D eigenvalue weighted by Crippen LogP contribution is 2.54. The maximum absolute atomic E-state index is 13.6. The van der Waals surface area contributed by atoms with E-state index in [0.29, 0.717) is 0 Å². The Hall–Kier alpha value is -3.93. The highest BCUT2D eigenvalue weighted by atomic mass is 19.3. The quantitative estimate of drug-likeness (QED) is 0.501. The Morgan fingerprint density at radius 1 is 1.09 bits per heavy atom. The molecule has 2 aliphatic carbocycles. The van der Waals surface area contributed by atoms with Crippen LogP contribution >= 0.6 is 0 Å². The van der Waals surface area contributed by atoms with Gasteiger partial charge in [0.15, 0.2) is 0 Å². The van der Waals surface area contributed by atoms with Gasteiger partial charge in [-0.1, -0.05) is 48.5 Å². The zero-order chi connectivity index (χ0) is 25.2. The molecule has 182 valence electrons. The van der Waals surface area contributed by atoms with E-state index in [4.69, 9.17) is 9.84 Å². The highest BCUT2D eigenvalue weighted by Gasteiger charge is 2.72. The van der Waals surface area contributed by atoms with Crippen LogP contribution in [0.5, 0.6) is 0 Å². The van der Waals surface area contributed by atoms with Gasteiger partial charge in [-0.25, -0.2) is 13.6 Å². The van der Waals surface area contributed by atoms with Crippen molar-refractivity contribution in [3.05, 3.63) is 59.7 Å². The molecule has 0 aliphatic heterocycles. The van der Waals surface area contributed by atoms with Crippen molar-refractivity contribution in [2.75, 3.05) is 13.2 Å².